The molecule has 35 heavy (non-hydrogen) atoms. The number of hydrogen-bond donors (Lipinski definition) is 4. The topological polar surface area (TPSA) is 121 Å². The lowest BCUT2D eigenvalue weighted by atomic mass is 10.00. The number of rotatable bonds is 6. The summed E-state index contributed by atoms with van der Waals surface area (Å²) in [5.41, 5.74) is 4.18. The molecular weight excluding hydrogens is 482 g/mol. The van der Waals surface area contributed by atoms with E-state index in [1.54, 1.807) is 4.90 Å². The predicted molar refractivity (Wildman–Crippen MR) is 131 cm³/mol. The SMILES string of the molecule is Cc1c(F)c(N2CC(NC(C)C)C2)c(Cl)c2c1c(=O)c(C(=O)O)cn2-c1cc(N)c(F)cc1CO. The summed E-state index contributed by atoms with van der Waals surface area (Å²) >= 11 is 6.73. The normalized spacial score (nSPS) is 14.1. The van der Waals surface area contributed by atoms with E-state index in [4.69, 9.17) is 17.3 Å². The number of hydrogen-bond acceptors (Lipinski definition) is 6. The second-order valence-electron chi connectivity index (χ2n) is 8.96. The summed E-state index contributed by atoms with van der Waals surface area (Å²) in [5.74, 6) is -3.03. The zero-order valence-corrected chi connectivity index (χ0v) is 20.1. The van der Waals surface area contributed by atoms with Gasteiger partial charge in [0.1, 0.15) is 11.4 Å². The maximum absolute atomic E-state index is 15.6. The van der Waals surface area contributed by atoms with Crippen molar-refractivity contribution in [1.29, 1.82) is 0 Å². The molecule has 1 aliphatic rings. The van der Waals surface area contributed by atoms with Gasteiger partial charge in [-0.2, -0.15) is 0 Å². The molecule has 0 bridgehead atoms. The number of pyridine rings is 1. The summed E-state index contributed by atoms with van der Waals surface area (Å²) in [6.45, 7) is 5.72. The lowest BCUT2D eigenvalue weighted by molar-refractivity contribution is 0.0695. The number of nitrogen functional groups attached to an aromatic ring is 1. The van der Waals surface area contributed by atoms with E-state index in [1.165, 1.54) is 17.6 Å². The van der Waals surface area contributed by atoms with E-state index >= 15 is 4.39 Å². The summed E-state index contributed by atoms with van der Waals surface area (Å²) in [4.78, 5) is 26.7. The van der Waals surface area contributed by atoms with Crippen molar-refractivity contribution in [1.82, 2.24) is 9.88 Å². The van der Waals surface area contributed by atoms with Gasteiger partial charge in [0, 0.05) is 42.5 Å². The van der Waals surface area contributed by atoms with Gasteiger partial charge in [-0.3, -0.25) is 4.79 Å². The van der Waals surface area contributed by atoms with Crippen LogP contribution in [0.15, 0.2) is 23.1 Å². The van der Waals surface area contributed by atoms with Gasteiger partial charge in [-0.15, -0.1) is 0 Å². The Balaban J connectivity index is 2.07. The molecule has 4 rings (SSSR count). The van der Waals surface area contributed by atoms with Crippen molar-refractivity contribution in [2.45, 2.75) is 39.5 Å². The number of aromatic nitrogens is 1. The van der Waals surface area contributed by atoms with Gasteiger partial charge in [0.2, 0.25) is 5.43 Å². The fourth-order valence-corrected chi connectivity index (χ4v) is 4.89. The molecule has 1 aromatic heterocycles. The summed E-state index contributed by atoms with van der Waals surface area (Å²) in [7, 11) is 0. The van der Waals surface area contributed by atoms with E-state index in [1.807, 2.05) is 13.8 Å². The van der Waals surface area contributed by atoms with Crippen molar-refractivity contribution in [2.24, 2.45) is 0 Å². The number of nitrogens with one attached hydrogen (secondary N) is 1. The molecule has 1 aliphatic heterocycles. The molecule has 1 fully saturated rings. The summed E-state index contributed by atoms with van der Waals surface area (Å²) in [5, 5.41) is 22.5. The monoisotopic (exact) mass is 506 g/mol. The van der Waals surface area contributed by atoms with E-state index in [0.29, 0.717) is 13.1 Å². The van der Waals surface area contributed by atoms with Crippen LogP contribution in [0.25, 0.3) is 16.6 Å². The first-order valence-corrected chi connectivity index (χ1v) is 11.3. The van der Waals surface area contributed by atoms with Crippen LogP contribution in [-0.2, 0) is 6.61 Å². The number of aryl methyl sites for hydroxylation is 1. The zero-order valence-electron chi connectivity index (χ0n) is 19.3. The number of nitrogens with zero attached hydrogens (tertiary/aromatic N) is 2. The Morgan fingerprint density at radius 1 is 1.31 bits per heavy atom. The number of aliphatic hydroxyl groups excluding tert-OH is 1. The first-order valence-electron chi connectivity index (χ1n) is 11.0. The Hall–Kier alpha value is -3.21. The number of nitrogens with two attached hydrogens (primary N) is 1. The van der Waals surface area contributed by atoms with Gasteiger partial charge in [0.25, 0.3) is 0 Å². The molecule has 3 aromatic rings. The molecule has 0 unspecified atom stereocenters. The number of fused-ring (bicyclic) bond motifs is 1. The maximum atomic E-state index is 15.6. The molecule has 2 heterocycles. The quantitative estimate of drug-likeness (QED) is 0.379. The van der Waals surface area contributed by atoms with Crippen molar-refractivity contribution in [3.05, 3.63) is 61.9 Å². The molecule has 8 nitrogen and oxygen atoms in total. The van der Waals surface area contributed by atoms with Crippen molar-refractivity contribution in [2.75, 3.05) is 23.7 Å². The Morgan fingerprint density at radius 3 is 2.54 bits per heavy atom. The Labute approximate surface area is 204 Å². The second-order valence-corrected chi connectivity index (χ2v) is 9.33. The van der Waals surface area contributed by atoms with Crippen molar-refractivity contribution < 1.29 is 23.8 Å². The van der Waals surface area contributed by atoms with Crippen molar-refractivity contribution in [3.8, 4) is 5.69 Å². The summed E-state index contributed by atoms with van der Waals surface area (Å²) in [6.07, 6.45) is 1.03. The predicted octanol–water partition coefficient (Wildman–Crippen LogP) is 3.19. The number of carboxylic acids is 1. The number of anilines is 2. The van der Waals surface area contributed by atoms with Gasteiger partial charge in [0.05, 0.1) is 39.6 Å². The third kappa shape index (κ3) is 4.11. The van der Waals surface area contributed by atoms with Crippen LogP contribution in [0.5, 0.6) is 0 Å². The van der Waals surface area contributed by atoms with Crippen LogP contribution in [0.2, 0.25) is 5.02 Å². The van der Waals surface area contributed by atoms with Crippen LogP contribution >= 0.6 is 11.6 Å². The minimum absolute atomic E-state index is 0.0385. The minimum atomic E-state index is -1.53. The van der Waals surface area contributed by atoms with Gasteiger partial charge in [0.15, 0.2) is 5.82 Å². The minimum Gasteiger partial charge on any atom is -0.477 e. The van der Waals surface area contributed by atoms with Gasteiger partial charge in [-0.25, -0.2) is 13.6 Å². The number of carbonyl (C=O) groups is 1. The molecule has 11 heteroatoms. The first kappa shape index (κ1) is 24.9. The van der Waals surface area contributed by atoms with Gasteiger partial charge in [-0.05, 0) is 19.1 Å². The lowest BCUT2D eigenvalue weighted by Crippen LogP contribution is -2.60. The maximum Gasteiger partial charge on any atom is 0.341 e. The molecule has 0 amide bonds. The number of benzene rings is 2. The number of aromatic carboxylic acids is 1. The molecule has 0 radical (unpaired) electrons. The van der Waals surface area contributed by atoms with E-state index in [0.717, 1.165) is 12.3 Å². The van der Waals surface area contributed by atoms with Crippen LogP contribution in [-0.4, -0.2) is 45.9 Å². The Bertz CT molecular complexity index is 1420. The summed E-state index contributed by atoms with van der Waals surface area (Å²) in [6, 6.07) is 2.58. The average Bonchev–Trinajstić information content (AvgIpc) is 2.76. The highest BCUT2D eigenvalue weighted by Crippen LogP contribution is 2.41. The molecular formula is C24H25ClF2N4O4. The largest absolute Gasteiger partial charge is 0.477 e. The van der Waals surface area contributed by atoms with Crippen molar-refractivity contribution in [3.63, 3.8) is 0 Å². The number of halogens is 3. The smallest absolute Gasteiger partial charge is 0.341 e. The van der Waals surface area contributed by atoms with Crippen LogP contribution in [0, 0.1) is 18.6 Å². The third-order valence-electron chi connectivity index (χ3n) is 6.16. The van der Waals surface area contributed by atoms with Crippen LogP contribution < -0.4 is 21.4 Å². The number of aliphatic hydroxyl groups is 1. The molecule has 2 aromatic carbocycles. The van der Waals surface area contributed by atoms with Crippen LogP contribution in [0.1, 0.15) is 35.3 Å². The van der Waals surface area contributed by atoms with Gasteiger partial charge in [-0.1, -0.05) is 25.4 Å². The fourth-order valence-electron chi connectivity index (χ4n) is 4.50. The molecule has 1 saturated heterocycles. The molecule has 0 aliphatic carbocycles. The molecule has 0 spiro atoms. The third-order valence-corrected chi connectivity index (χ3v) is 6.52. The Kier molecular flexibility index (Phi) is 6.48. The first-order chi connectivity index (χ1) is 16.5. The molecule has 186 valence electrons. The van der Waals surface area contributed by atoms with Gasteiger partial charge < -0.3 is 30.7 Å². The van der Waals surface area contributed by atoms with E-state index in [2.05, 4.69) is 5.32 Å². The second kappa shape index (κ2) is 9.10. The van der Waals surface area contributed by atoms with Gasteiger partial charge >= 0.3 is 5.97 Å². The van der Waals surface area contributed by atoms with E-state index in [-0.39, 0.29) is 56.2 Å². The Morgan fingerprint density at radius 2 is 1.97 bits per heavy atom. The fraction of sp³-hybridized carbons (Fsp3) is 0.333. The average molecular weight is 507 g/mol. The molecule has 0 atom stereocenters. The molecule has 0 saturated carbocycles. The van der Waals surface area contributed by atoms with Crippen LogP contribution in [0.4, 0.5) is 20.2 Å². The van der Waals surface area contributed by atoms with Crippen molar-refractivity contribution >= 4 is 39.8 Å². The van der Waals surface area contributed by atoms with Crippen LogP contribution in [0.3, 0.4) is 0 Å². The number of carboxylic acid groups (broad SMARTS) is 1. The standard InChI is InChI=1S/C24H25ClF2N4O4/c1-10(2)29-13-6-30(7-13)22-19(25)21-18(11(3)20(22)27)23(33)14(24(34)35)8-31(21)17-5-16(28)15(26)4-12(17)9-32/h4-5,8,10,13,29,32H,6-7,9,28H2,1-3H3,(H,34,35). The molecule has 5 N–H and O–H groups in total. The summed E-state index contributed by atoms with van der Waals surface area (Å²) < 4.78 is 31.0. The lowest BCUT2D eigenvalue weighted by Gasteiger charge is -2.43. The van der Waals surface area contributed by atoms with E-state index < -0.39 is 35.2 Å². The highest BCUT2D eigenvalue weighted by atomic mass is 35.5. The highest BCUT2D eigenvalue weighted by molar-refractivity contribution is 6.38. The zero-order chi connectivity index (χ0) is 25.8. The highest BCUT2D eigenvalue weighted by Gasteiger charge is 2.34. The van der Waals surface area contributed by atoms with E-state index in [9.17, 15) is 24.2 Å².